The lowest BCUT2D eigenvalue weighted by Crippen LogP contribution is -2.31. The van der Waals surface area contributed by atoms with E-state index in [9.17, 15) is 9.59 Å². The summed E-state index contributed by atoms with van der Waals surface area (Å²) in [5.74, 6) is -0.471. The van der Waals surface area contributed by atoms with Crippen LogP contribution in [0.25, 0.3) is 0 Å². The van der Waals surface area contributed by atoms with Gasteiger partial charge in [0.1, 0.15) is 0 Å². The predicted molar refractivity (Wildman–Crippen MR) is 60.4 cm³/mol. The number of carbonyl (C=O) groups excluding carboxylic acids is 2. The van der Waals surface area contributed by atoms with Gasteiger partial charge >= 0.3 is 0 Å². The molecule has 1 aromatic rings. The molecule has 0 bridgehead atoms. The maximum absolute atomic E-state index is 11.3. The quantitative estimate of drug-likeness (QED) is 0.598. The van der Waals surface area contributed by atoms with Gasteiger partial charge in [-0.05, 0) is 24.1 Å². The molecule has 0 aliphatic carbocycles. The van der Waals surface area contributed by atoms with Crippen LogP contribution in [0.2, 0.25) is 0 Å². The van der Waals surface area contributed by atoms with Crippen LogP contribution in [0.3, 0.4) is 0 Å². The third kappa shape index (κ3) is 2.11. The topological polar surface area (TPSA) is 63.4 Å². The largest absolute Gasteiger partial charge is 0.399 e. The second-order valence-corrected chi connectivity index (χ2v) is 3.65. The van der Waals surface area contributed by atoms with Gasteiger partial charge in [-0.15, -0.1) is 0 Å². The van der Waals surface area contributed by atoms with E-state index in [4.69, 9.17) is 5.73 Å². The van der Waals surface area contributed by atoms with E-state index in [0.29, 0.717) is 18.7 Å². The molecule has 82 valence electrons. The molecule has 2 rings (SSSR count). The molecule has 0 radical (unpaired) electrons. The van der Waals surface area contributed by atoms with Gasteiger partial charge in [-0.1, -0.05) is 12.1 Å². The lowest BCUT2D eigenvalue weighted by atomic mass is 10.1. The number of amides is 2. The van der Waals surface area contributed by atoms with Crippen LogP contribution in [0, 0.1) is 0 Å². The Bertz CT molecular complexity index is 431. The van der Waals surface area contributed by atoms with E-state index in [1.807, 2.05) is 12.1 Å². The zero-order chi connectivity index (χ0) is 11.5. The first-order valence-electron chi connectivity index (χ1n) is 5.05. The summed E-state index contributed by atoms with van der Waals surface area (Å²) in [6.07, 6.45) is 3.25. The molecule has 1 aliphatic heterocycles. The third-order valence-electron chi connectivity index (χ3n) is 2.50. The first-order valence-corrected chi connectivity index (χ1v) is 5.05. The Morgan fingerprint density at radius 3 is 2.12 bits per heavy atom. The highest BCUT2D eigenvalue weighted by Crippen LogP contribution is 2.09. The van der Waals surface area contributed by atoms with Crippen LogP contribution in [0.4, 0.5) is 5.69 Å². The molecule has 0 saturated carbocycles. The number of nitrogen functional groups attached to an aromatic ring is 1. The molecule has 2 N–H and O–H groups in total. The van der Waals surface area contributed by atoms with Crippen LogP contribution in [-0.4, -0.2) is 23.3 Å². The number of rotatable bonds is 3. The van der Waals surface area contributed by atoms with Crippen LogP contribution in [-0.2, 0) is 16.0 Å². The fourth-order valence-corrected chi connectivity index (χ4v) is 1.58. The lowest BCUT2D eigenvalue weighted by Gasteiger charge is -2.13. The van der Waals surface area contributed by atoms with Gasteiger partial charge < -0.3 is 5.73 Å². The van der Waals surface area contributed by atoms with Crippen molar-refractivity contribution in [1.82, 2.24) is 4.90 Å². The second-order valence-electron chi connectivity index (χ2n) is 3.65. The monoisotopic (exact) mass is 216 g/mol. The van der Waals surface area contributed by atoms with Gasteiger partial charge in [-0.25, -0.2) is 0 Å². The van der Waals surface area contributed by atoms with E-state index < -0.39 is 0 Å². The molecule has 0 saturated heterocycles. The molecule has 4 nitrogen and oxygen atoms in total. The third-order valence-corrected chi connectivity index (χ3v) is 2.50. The molecule has 16 heavy (non-hydrogen) atoms. The van der Waals surface area contributed by atoms with Gasteiger partial charge in [-0.2, -0.15) is 0 Å². The van der Waals surface area contributed by atoms with Crippen LogP contribution >= 0.6 is 0 Å². The molecule has 0 fully saturated rings. The molecule has 1 heterocycles. The molecular formula is C12H12N2O2. The summed E-state index contributed by atoms with van der Waals surface area (Å²) in [4.78, 5) is 23.7. The minimum atomic E-state index is -0.236. The zero-order valence-electron chi connectivity index (χ0n) is 8.72. The minimum Gasteiger partial charge on any atom is -0.399 e. The normalized spacial score (nSPS) is 14.9. The van der Waals surface area contributed by atoms with Crippen molar-refractivity contribution < 1.29 is 9.59 Å². The van der Waals surface area contributed by atoms with E-state index in [2.05, 4.69) is 0 Å². The Labute approximate surface area is 93.3 Å². The van der Waals surface area contributed by atoms with Gasteiger partial charge in [0, 0.05) is 24.4 Å². The molecular weight excluding hydrogens is 204 g/mol. The van der Waals surface area contributed by atoms with E-state index in [0.717, 1.165) is 5.56 Å². The Morgan fingerprint density at radius 1 is 1.00 bits per heavy atom. The van der Waals surface area contributed by atoms with Crippen LogP contribution < -0.4 is 5.73 Å². The second kappa shape index (κ2) is 4.18. The lowest BCUT2D eigenvalue weighted by molar-refractivity contribution is -0.136. The van der Waals surface area contributed by atoms with Crippen molar-refractivity contribution in [1.29, 1.82) is 0 Å². The summed E-state index contributed by atoms with van der Waals surface area (Å²) in [5, 5.41) is 0. The van der Waals surface area contributed by atoms with E-state index >= 15 is 0 Å². The summed E-state index contributed by atoms with van der Waals surface area (Å²) in [6.45, 7) is 0.411. The average molecular weight is 216 g/mol. The van der Waals surface area contributed by atoms with E-state index in [-0.39, 0.29) is 11.8 Å². The summed E-state index contributed by atoms with van der Waals surface area (Å²) in [6, 6.07) is 7.41. The van der Waals surface area contributed by atoms with Crippen molar-refractivity contribution in [3.63, 3.8) is 0 Å². The predicted octanol–water partition coefficient (Wildman–Crippen LogP) is 0.736. The van der Waals surface area contributed by atoms with Gasteiger partial charge in [0.25, 0.3) is 11.8 Å². The number of imide groups is 1. The molecule has 2 amide bonds. The summed E-state index contributed by atoms with van der Waals surface area (Å²) in [7, 11) is 0. The summed E-state index contributed by atoms with van der Waals surface area (Å²) in [5.41, 5.74) is 7.32. The van der Waals surface area contributed by atoms with Crippen molar-refractivity contribution in [3.05, 3.63) is 42.0 Å². The van der Waals surface area contributed by atoms with Crippen LogP contribution in [0.1, 0.15) is 5.56 Å². The van der Waals surface area contributed by atoms with Gasteiger partial charge in [0.15, 0.2) is 0 Å². The van der Waals surface area contributed by atoms with Crippen molar-refractivity contribution in [2.75, 3.05) is 12.3 Å². The smallest absolute Gasteiger partial charge is 0.253 e. The number of hydrogen-bond donors (Lipinski definition) is 1. The highest BCUT2D eigenvalue weighted by atomic mass is 16.2. The highest BCUT2D eigenvalue weighted by Gasteiger charge is 2.22. The number of nitrogens with two attached hydrogens (primary N) is 1. The number of hydrogen-bond acceptors (Lipinski definition) is 3. The summed E-state index contributed by atoms with van der Waals surface area (Å²) >= 11 is 0. The molecule has 0 atom stereocenters. The standard InChI is InChI=1S/C12H12N2O2/c13-10-3-1-9(2-4-10)7-8-14-11(15)5-6-12(14)16/h1-6H,7-8,13H2. The highest BCUT2D eigenvalue weighted by molar-refractivity contribution is 6.12. The average Bonchev–Trinajstić information content (AvgIpc) is 2.59. The Balaban J connectivity index is 1.95. The maximum Gasteiger partial charge on any atom is 0.253 e. The SMILES string of the molecule is Nc1ccc(CCN2C(=O)C=CC2=O)cc1. The molecule has 4 heteroatoms. The Kier molecular flexibility index (Phi) is 2.72. The fraction of sp³-hybridized carbons (Fsp3) is 0.167. The van der Waals surface area contributed by atoms with Gasteiger partial charge in [0.05, 0.1) is 0 Å². The van der Waals surface area contributed by atoms with Crippen molar-refractivity contribution >= 4 is 17.5 Å². The first-order chi connectivity index (χ1) is 7.66. The molecule has 0 aromatic heterocycles. The Morgan fingerprint density at radius 2 is 1.56 bits per heavy atom. The van der Waals surface area contributed by atoms with Gasteiger partial charge in [-0.3, -0.25) is 14.5 Å². The van der Waals surface area contributed by atoms with Crippen LogP contribution in [0.15, 0.2) is 36.4 Å². The van der Waals surface area contributed by atoms with Crippen molar-refractivity contribution in [3.8, 4) is 0 Å². The summed E-state index contributed by atoms with van der Waals surface area (Å²) < 4.78 is 0. The fourth-order valence-electron chi connectivity index (χ4n) is 1.58. The van der Waals surface area contributed by atoms with Crippen LogP contribution in [0.5, 0.6) is 0 Å². The first kappa shape index (κ1) is 10.4. The zero-order valence-corrected chi connectivity index (χ0v) is 8.72. The van der Waals surface area contributed by atoms with Gasteiger partial charge in [0.2, 0.25) is 0 Å². The van der Waals surface area contributed by atoms with Crippen molar-refractivity contribution in [2.24, 2.45) is 0 Å². The number of carbonyl (C=O) groups is 2. The molecule has 1 aromatic carbocycles. The number of anilines is 1. The Hall–Kier alpha value is -2.10. The molecule has 1 aliphatic rings. The van der Waals surface area contributed by atoms with Crippen molar-refractivity contribution in [2.45, 2.75) is 6.42 Å². The maximum atomic E-state index is 11.3. The number of nitrogens with zero attached hydrogens (tertiary/aromatic N) is 1. The molecule has 0 spiro atoms. The number of benzene rings is 1. The molecule has 0 unspecified atom stereocenters. The minimum absolute atomic E-state index is 0.236. The van der Waals surface area contributed by atoms with E-state index in [1.165, 1.54) is 17.1 Å². The van der Waals surface area contributed by atoms with E-state index in [1.54, 1.807) is 12.1 Å².